The summed E-state index contributed by atoms with van der Waals surface area (Å²) < 4.78 is 3.70. The third kappa shape index (κ3) is 2.83. The van der Waals surface area contributed by atoms with E-state index in [0.29, 0.717) is 6.54 Å². The maximum atomic E-state index is 10.8. The summed E-state index contributed by atoms with van der Waals surface area (Å²) >= 11 is 0. The van der Waals surface area contributed by atoms with Crippen molar-refractivity contribution in [2.24, 2.45) is 0 Å². The predicted octanol–water partition coefficient (Wildman–Crippen LogP) is 1.39. The van der Waals surface area contributed by atoms with Crippen LogP contribution < -0.4 is 0 Å². The molecular weight excluding hydrogens is 244 g/mol. The van der Waals surface area contributed by atoms with E-state index in [1.54, 1.807) is 0 Å². The van der Waals surface area contributed by atoms with E-state index in [4.69, 9.17) is 5.11 Å². The SMILES string of the molecule is CCn1cc(Cn2nc(C)c(CC(=O)O)c2C)cn1. The lowest BCUT2D eigenvalue weighted by molar-refractivity contribution is -0.136. The first kappa shape index (κ1) is 13.3. The second-order valence-electron chi connectivity index (χ2n) is 4.58. The van der Waals surface area contributed by atoms with Crippen molar-refractivity contribution in [1.29, 1.82) is 0 Å². The molecule has 0 radical (unpaired) electrons. The summed E-state index contributed by atoms with van der Waals surface area (Å²) in [5.74, 6) is -0.829. The molecule has 0 bridgehead atoms. The first-order valence-electron chi connectivity index (χ1n) is 6.27. The summed E-state index contributed by atoms with van der Waals surface area (Å²) in [6.45, 7) is 7.23. The summed E-state index contributed by atoms with van der Waals surface area (Å²) in [4.78, 5) is 10.8. The average Bonchev–Trinajstić information content (AvgIpc) is 2.90. The topological polar surface area (TPSA) is 72.9 Å². The number of carboxylic acids is 1. The van der Waals surface area contributed by atoms with Gasteiger partial charge in [0.15, 0.2) is 0 Å². The molecule has 6 heteroatoms. The second-order valence-corrected chi connectivity index (χ2v) is 4.58. The first-order valence-corrected chi connectivity index (χ1v) is 6.27. The number of hydrogen-bond donors (Lipinski definition) is 1. The summed E-state index contributed by atoms with van der Waals surface area (Å²) in [6, 6.07) is 0. The zero-order valence-corrected chi connectivity index (χ0v) is 11.4. The molecule has 0 aliphatic heterocycles. The van der Waals surface area contributed by atoms with Gasteiger partial charge in [0.2, 0.25) is 0 Å². The van der Waals surface area contributed by atoms with Crippen molar-refractivity contribution in [3.63, 3.8) is 0 Å². The van der Waals surface area contributed by atoms with Crippen LogP contribution >= 0.6 is 0 Å². The average molecular weight is 262 g/mol. The molecule has 2 rings (SSSR count). The fraction of sp³-hybridized carbons (Fsp3) is 0.462. The van der Waals surface area contributed by atoms with Gasteiger partial charge in [-0.3, -0.25) is 14.2 Å². The molecule has 0 unspecified atom stereocenters. The van der Waals surface area contributed by atoms with Crippen LogP contribution in [0.15, 0.2) is 12.4 Å². The van der Waals surface area contributed by atoms with Gasteiger partial charge in [0.1, 0.15) is 0 Å². The quantitative estimate of drug-likeness (QED) is 0.883. The van der Waals surface area contributed by atoms with Crippen molar-refractivity contribution in [3.05, 3.63) is 34.9 Å². The third-order valence-electron chi connectivity index (χ3n) is 3.20. The minimum Gasteiger partial charge on any atom is -0.481 e. The van der Waals surface area contributed by atoms with Gasteiger partial charge in [-0.2, -0.15) is 10.2 Å². The normalized spacial score (nSPS) is 10.9. The van der Waals surface area contributed by atoms with E-state index in [-0.39, 0.29) is 6.42 Å². The highest BCUT2D eigenvalue weighted by atomic mass is 16.4. The molecule has 0 spiro atoms. The van der Waals surface area contributed by atoms with Crippen molar-refractivity contribution >= 4 is 5.97 Å². The Kier molecular flexibility index (Phi) is 3.69. The lowest BCUT2D eigenvalue weighted by Gasteiger charge is -2.02. The molecule has 2 heterocycles. The van der Waals surface area contributed by atoms with E-state index in [9.17, 15) is 4.79 Å². The van der Waals surface area contributed by atoms with Gasteiger partial charge in [-0.05, 0) is 20.8 Å². The lowest BCUT2D eigenvalue weighted by atomic mass is 10.1. The summed E-state index contributed by atoms with van der Waals surface area (Å²) in [5.41, 5.74) is 3.55. The van der Waals surface area contributed by atoms with Crippen LogP contribution in [0.25, 0.3) is 0 Å². The minimum atomic E-state index is -0.829. The molecule has 6 nitrogen and oxygen atoms in total. The Hall–Kier alpha value is -2.11. The Morgan fingerprint density at radius 1 is 1.42 bits per heavy atom. The van der Waals surface area contributed by atoms with Gasteiger partial charge in [-0.15, -0.1) is 0 Å². The molecule has 0 aromatic carbocycles. The molecule has 0 saturated heterocycles. The number of aliphatic carboxylic acids is 1. The molecule has 2 aromatic heterocycles. The van der Waals surface area contributed by atoms with Crippen molar-refractivity contribution in [1.82, 2.24) is 19.6 Å². The molecule has 2 aromatic rings. The fourth-order valence-electron chi connectivity index (χ4n) is 2.13. The van der Waals surface area contributed by atoms with Crippen LogP contribution in [0, 0.1) is 13.8 Å². The standard InChI is InChI=1S/C13H18N4O2/c1-4-16-7-11(6-14-16)8-17-10(3)12(5-13(18)19)9(2)15-17/h6-7H,4-5,8H2,1-3H3,(H,18,19). The molecule has 1 N–H and O–H groups in total. The predicted molar refractivity (Wildman–Crippen MR) is 70.0 cm³/mol. The summed E-state index contributed by atoms with van der Waals surface area (Å²) in [6.07, 6.45) is 3.82. The van der Waals surface area contributed by atoms with E-state index in [1.807, 2.05) is 42.5 Å². The maximum Gasteiger partial charge on any atom is 0.307 e. The highest BCUT2D eigenvalue weighted by molar-refractivity contribution is 5.70. The third-order valence-corrected chi connectivity index (χ3v) is 3.20. The fourth-order valence-corrected chi connectivity index (χ4v) is 2.13. The van der Waals surface area contributed by atoms with Crippen molar-refractivity contribution in [3.8, 4) is 0 Å². The van der Waals surface area contributed by atoms with Crippen LogP contribution in [-0.2, 0) is 24.3 Å². The molecule has 0 atom stereocenters. The van der Waals surface area contributed by atoms with Gasteiger partial charge in [0.25, 0.3) is 0 Å². The minimum absolute atomic E-state index is 0.0197. The molecule has 19 heavy (non-hydrogen) atoms. The molecule has 0 aliphatic carbocycles. The highest BCUT2D eigenvalue weighted by Crippen LogP contribution is 2.15. The zero-order valence-electron chi connectivity index (χ0n) is 11.4. The van der Waals surface area contributed by atoms with Crippen LogP contribution in [0.5, 0.6) is 0 Å². The van der Waals surface area contributed by atoms with Gasteiger partial charge in [0.05, 0.1) is 24.9 Å². The number of aromatic nitrogens is 4. The van der Waals surface area contributed by atoms with Crippen molar-refractivity contribution in [2.45, 2.75) is 40.3 Å². The Morgan fingerprint density at radius 3 is 2.74 bits per heavy atom. The number of nitrogens with zero attached hydrogens (tertiary/aromatic N) is 4. The monoisotopic (exact) mass is 262 g/mol. The molecule has 102 valence electrons. The van der Waals surface area contributed by atoms with Crippen LogP contribution in [0.2, 0.25) is 0 Å². The number of hydrogen-bond acceptors (Lipinski definition) is 3. The van der Waals surface area contributed by atoms with Crippen LogP contribution in [0.4, 0.5) is 0 Å². The summed E-state index contributed by atoms with van der Waals surface area (Å²) in [7, 11) is 0. The lowest BCUT2D eigenvalue weighted by Crippen LogP contribution is -2.05. The van der Waals surface area contributed by atoms with Gasteiger partial charge >= 0.3 is 5.97 Å². The van der Waals surface area contributed by atoms with Gasteiger partial charge in [-0.1, -0.05) is 0 Å². The van der Waals surface area contributed by atoms with E-state index >= 15 is 0 Å². The Labute approximate surface area is 111 Å². The smallest absolute Gasteiger partial charge is 0.307 e. The van der Waals surface area contributed by atoms with E-state index < -0.39 is 5.97 Å². The molecule has 0 saturated carbocycles. The van der Waals surface area contributed by atoms with E-state index in [0.717, 1.165) is 29.1 Å². The van der Waals surface area contributed by atoms with Crippen LogP contribution in [0.3, 0.4) is 0 Å². The number of carbonyl (C=O) groups is 1. The molecule has 0 amide bonds. The molecule has 0 fully saturated rings. The first-order chi connectivity index (χ1) is 9.01. The van der Waals surface area contributed by atoms with Crippen LogP contribution in [0.1, 0.15) is 29.4 Å². The summed E-state index contributed by atoms with van der Waals surface area (Å²) in [5, 5.41) is 17.5. The zero-order chi connectivity index (χ0) is 14.0. The Balaban J connectivity index is 2.23. The second kappa shape index (κ2) is 5.26. The van der Waals surface area contributed by atoms with Crippen LogP contribution in [-0.4, -0.2) is 30.6 Å². The van der Waals surface area contributed by atoms with Gasteiger partial charge in [-0.25, -0.2) is 0 Å². The highest BCUT2D eigenvalue weighted by Gasteiger charge is 2.14. The van der Waals surface area contributed by atoms with E-state index in [1.165, 1.54) is 0 Å². The van der Waals surface area contributed by atoms with Crippen molar-refractivity contribution in [2.75, 3.05) is 0 Å². The van der Waals surface area contributed by atoms with Gasteiger partial charge < -0.3 is 5.11 Å². The molecular formula is C13H18N4O2. The number of aryl methyl sites for hydroxylation is 2. The maximum absolute atomic E-state index is 10.8. The van der Waals surface area contributed by atoms with Crippen molar-refractivity contribution < 1.29 is 9.90 Å². The Bertz CT molecular complexity index is 598. The number of rotatable bonds is 5. The largest absolute Gasteiger partial charge is 0.481 e. The van der Waals surface area contributed by atoms with Gasteiger partial charge in [0, 0.05) is 29.6 Å². The number of carboxylic acid groups (broad SMARTS) is 1. The van der Waals surface area contributed by atoms with E-state index in [2.05, 4.69) is 10.2 Å². The Morgan fingerprint density at radius 2 is 2.16 bits per heavy atom. The molecule has 0 aliphatic rings.